The molecular formula is C19H22N2O2. The van der Waals surface area contributed by atoms with E-state index in [1.165, 1.54) is 12.5 Å². The summed E-state index contributed by atoms with van der Waals surface area (Å²) in [7, 11) is 0. The molecule has 0 saturated heterocycles. The summed E-state index contributed by atoms with van der Waals surface area (Å²) in [6, 6.07) is 15.2. The van der Waals surface area contributed by atoms with Gasteiger partial charge in [-0.2, -0.15) is 0 Å². The number of carbonyl (C=O) groups excluding carboxylic acids is 2. The van der Waals surface area contributed by atoms with Crippen LogP contribution in [0.4, 0.5) is 5.69 Å². The second kappa shape index (κ2) is 8.13. The van der Waals surface area contributed by atoms with Crippen molar-refractivity contribution in [2.24, 2.45) is 0 Å². The Bertz CT molecular complexity index is 678. The molecule has 0 fully saturated rings. The van der Waals surface area contributed by atoms with Crippen molar-refractivity contribution in [2.75, 3.05) is 5.32 Å². The first-order chi connectivity index (χ1) is 11.1. The van der Waals surface area contributed by atoms with Gasteiger partial charge in [-0.1, -0.05) is 43.7 Å². The lowest BCUT2D eigenvalue weighted by Crippen LogP contribution is -2.23. The highest BCUT2D eigenvalue weighted by Crippen LogP contribution is 2.11. The van der Waals surface area contributed by atoms with Gasteiger partial charge in [0.2, 0.25) is 5.91 Å². The Morgan fingerprint density at radius 1 is 1.00 bits per heavy atom. The van der Waals surface area contributed by atoms with E-state index in [0.29, 0.717) is 17.8 Å². The molecule has 0 bridgehead atoms. The van der Waals surface area contributed by atoms with Crippen molar-refractivity contribution < 1.29 is 9.59 Å². The van der Waals surface area contributed by atoms with E-state index in [-0.39, 0.29) is 11.8 Å². The summed E-state index contributed by atoms with van der Waals surface area (Å²) >= 11 is 0. The lowest BCUT2D eigenvalue weighted by molar-refractivity contribution is -0.114. The molecule has 23 heavy (non-hydrogen) atoms. The van der Waals surface area contributed by atoms with E-state index in [9.17, 15) is 9.59 Å². The molecule has 4 heteroatoms. The van der Waals surface area contributed by atoms with Crippen LogP contribution in [0.15, 0.2) is 48.5 Å². The number of hydrogen-bond donors (Lipinski definition) is 2. The molecular weight excluding hydrogens is 288 g/mol. The van der Waals surface area contributed by atoms with Crippen LogP contribution in [0, 0.1) is 0 Å². The first-order valence-corrected chi connectivity index (χ1v) is 7.82. The van der Waals surface area contributed by atoms with Crippen LogP contribution in [-0.2, 0) is 17.8 Å². The summed E-state index contributed by atoms with van der Waals surface area (Å²) < 4.78 is 0. The molecule has 0 saturated carbocycles. The molecule has 2 N–H and O–H groups in total. The number of nitrogens with one attached hydrogen (secondary N) is 2. The number of aryl methyl sites for hydroxylation is 1. The molecule has 4 nitrogen and oxygen atoms in total. The third-order valence-corrected chi connectivity index (χ3v) is 3.46. The predicted octanol–water partition coefficient (Wildman–Crippen LogP) is 3.53. The highest BCUT2D eigenvalue weighted by molar-refractivity contribution is 5.96. The molecule has 0 spiro atoms. The molecule has 0 aliphatic carbocycles. The molecule has 0 radical (unpaired) electrons. The van der Waals surface area contributed by atoms with Crippen LogP contribution in [0.5, 0.6) is 0 Å². The molecule has 0 aliphatic rings. The van der Waals surface area contributed by atoms with Crippen molar-refractivity contribution in [1.29, 1.82) is 0 Å². The molecule has 0 aromatic heterocycles. The second-order valence-electron chi connectivity index (χ2n) is 5.51. The molecule has 2 aromatic rings. The maximum absolute atomic E-state index is 12.2. The van der Waals surface area contributed by atoms with Gasteiger partial charge in [0.1, 0.15) is 0 Å². The van der Waals surface area contributed by atoms with Gasteiger partial charge in [-0.25, -0.2) is 0 Å². The minimum absolute atomic E-state index is 0.158. The predicted molar refractivity (Wildman–Crippen MR) is 92.4 cm³/mol. The lowest BCUT2D eigenvalue weighted by Gasteiger charge is -2.08. The zero-order valence-electron chi connectivity index (χ0n) is 13.6. The van der Waals surface area contributed by atoms with Crippen LogP contribution in [0.25, 0.3) is 0 Å². The standard InChI is InChI=1S/C19H22N2O2/c1-3-5-15-8-10-16(11-9-15)13-20-19(23)17-6-4-7-18(12-17)21-14(2)22/h4,6-12H,3,5,13H2,1-2H3,(H,20,23)(H,21,22). The number of hydrogen-bond acceptors (Lipinski definition) is 2. The van der Waals surface area contributed by atoms with E-state index in [0.717, 1.165) is 18.4 Å². The number of rotatable bonds is 6. The smallest absolute Gasteiger partial charge is 0.251 e. The van der Waals surface area contributed by atoms with E-state index < -0.39 is 0 Å². The third-order valence-electron chi connectivity index (χ3n) is 3.46. The van der Waals surface area contributed by atoms with Gasteiger partial charge in [0.05, 0.1) is 0 Å². The Morgan fingerprint density at radius 2 is 1.70 bits per heavy atom. The van der Waals surface area contributed by atoms with Gasteiger partial charge in [0.25, 0.3) is 5.91 Å². The van der Waals surface area contributed by atoms with E-state index in [1.54, 1.807) is 24.3 Å². The van der Waals surface area contributed by atoms with E-state index >= 15 is 0 Å². The zero-order chi connectivity index (χ0) is 16.7. The van der Waals surface area contributed by atoms with Crippen molar-refractivity contribution in [3.63, 3.8) is 0 Å². The van der Waals surface area contributed by atoms with Crippen molar-refractivity contribution >= 4 is 17.5 Å². The Kier molecular flexibility index (Phi) is 5.92. The van der Waals surface area contributed by atoms with Crippen LogP contribution in [0.2, 0.25) is 0 Å². The van der Waals surface area contributed by atoms with Gasteiger partial charge >= 0.3 is 0 Å². The van der Waals surface area contributed by atoms with Crippen molar-refractivity contribution in [2.45, 2.75) is 33.2 Å². The summed E-state index contributed by atoms with van der Waals surface area (Å²) in [4.78, 5) is 23.3. The Balaban J connectivity index is 1.95. The molecule has 2 amide bonds. The van der Waals surface area contributed by atoms with Crippen molar-refractivity contribution in [3.8, 4) is 0 Å². The highest BCUT2D eigenvalue weighted by Gasteiger charge is 2.06. The number of amides is 2. The molecule has 0 atom stereocenters. The van der Waals surface area contributed by atoms with Gasteiger partial charge in [-0.15, -0.1) is 0 Å². The molecule has 2 rings (SSSR count). The van der Waals surface area contributed by atoms with Gasteiger partial charge in [0.15, 0.2) is 0 Å². The minimum Gasteiger partial charge on any atom is -0.348 e. The van der Waals surface area contributed by atoms with E-state index in [1.807, 2.05) is 12.1 Å². The maximum atomic E-state index is 12.2. The van der Waals surface area contributed by atoms with Crippen LogP contribution < -0.4 is 10.6 Å². The monoisotopic (exact) mass is 310 g/mol. The van der Waals surface area contributed by atoms with Crippen LogP contribution in [0.3, 0.4) is 0 Å². The first kappa shape index (κ1) is 16.7. The average molecular weight is 310 g/mol. The lowest BCUT2D eigenvalue weighted by atomic mass is 10.1. The summed E-state index contributed by atoms with van der Waals surface area (Å²) in [6.07, 6.45) is 2.20. The van der Waals surface area contributed by atoms with Gasteiger partial charge in [-0.3, -0.25) is 9.59 Å². The summed E-state index contributed by atoms with van der Waals surface area (Å²) in [5, 5.41) is 5.57. The second-order valence-corrected chi connectivity index (χ2v) is 5.51. The Morgan fingerprint density at radius 3 is 2.35 bits per heavy atom. The highest BCUT2D eigenvalue weighted by atomic mass is 16.2. The van der Waals surface area contributed by atoms with E-state index in [2.05, 4.69) is 29.7 Å². The van der Waals surface area contributed by atoms with Crippen LogP contribution in [0.1, 0.15) is 41.8 Å². The van der Waals surface area contributed by atoms with Crippen molar-refractivity contribution in [1.82, 2.24) is 5.32 Å². The molecule has 0 unspecified atom stereocenters. The van der Waals surface area contributed by atoms with Gasteiger partial charge < -0.3 is 10.6 Å². The zero-order valence-corrected chi connectivity index (χ0v) is 13.6. The molecule has 2 aromatic carbocycles. The molecule has 0 heterocycles. The molecule has 0 aliphatic heterocycles. The topological polar surface area (TPSA) is 58.2 Å². The van der Waals surface area contributed by atoms with Crippen LogP contribution >= 0.6 is 0 Å². The minimum atomic E-state index is -0.158. The average Bonchev–Trinajstić information content (AvgIpc) is 2.54. The summed E-state index contributed by atoms with van der Waals surface area (Å²) in [5.41, 5.74) is 3.52. The quantitative estimate of drug-likeness (QED) is 0.857. The maximum Gasteiger partial charge on any atom is 0.251 e. The fraction of sp³-hybridized carbons (Fsp3) is 0.263. The Labute approximate surface area is 136 Å². The van der Waals surface area contributed by atoms with E-state index in [4.69, 9.17) is 0 Å². The summed E-state index contributed by atoms with van der Waals surface area (Å²) in [6.45, 7) is 4.08. The fourth-order valence-corrected chi connectivity index (χ4v) is 2.34. The largest absolute Gasteiger partial charge is 0.348 e. The van der Waals surface area contributed by atoms with Gasteiger partial charge in [0, 0.05) is 24.7 Å². The van der Waals surface area contributed by atoms with Crippen molar-refractivity contribution in [3.05, 3.63) is 65.2 Å². The van der Waals surface area contributed by atoms with Crippen LogP contribution in [-0.4, -0.2) is 11.8 Å². The number of carbonyl (C=O) groups is 2. The Hall–Kier alpha value is -2.62. The third kappa shape index (κ3) is 5.25. The fourth-order valence-electron chi connectivity index (χ4n) is 2.34. The normalized spacial score (nSPS) is 10.2. The first-order valence-electron chi connectivity index (χ1n) is 7.82. The number of benzene rings is 2. The summed E-state index contributed by atoms with van der Waals surface area (Å²) in [5.74, 6) is -0.315. The molecule has 120 valence electrons. The number of anilines is 1. The SMILES string of the molecule is CCCc1ccc(CNC(=O)c2cccc(NC(C)=O)c2)cc1. The van der Waals surface area contributed by atoms with Gasteiger partial charge in [-0.05, 0) is 35.7 Å².